The van der Waals surface area contributed by atoms with Crippen LogP contribution in [-0.2, 0) is 9.53 Å². The van der Waals surface area contributed by atoms with E-state index in [0.717, 1.165) is 6.42 Å². The van der Waals surface area contributed by atoms with Gasteiger partial charge in [-0.2, -0.15) is 0 Å². The van der Waals surface area contributed by atoms with E-state index in [1.807, 2.05) is 0 Å². The first-order valence-electron chi connectivity index (χ1n) is 7.08. The molecule has 0 aromatic carbocycles. The zero-order chi connectivity index (χ0) is 14.7. The number of hydrogen-bond acceptors (Lipinski definition) is 3. The van der Waals surface area contributed by atoms with Gasteiger partial charge in [-0.1, -0.05) is 40.0 Å². The molecule has 19 heavy (non-hydrogen) atoms. The number of hydrogen-bond donors (Lipinski definition) is 2. The van der Waals surface area contributed by atoms with E-state index in [-0.39, 0.29) is 18.0 Å². The van der Waals surface area contributed by atoms with E-state index in [9.17, 15) is 9.59 Å². The first-order chi connectivity index (χ1) is 8.91. The van der Waals surface area contributed by atoms with Crippen LogP contribution in [0.15, 0.2) is 0 Å². The molecule has 5 heteroatoms. The third-order valence-electron chi connectivity index (χ3n) is 2.88. The van der Waals surface area contributed by atoms with Crippen LogP contribution in [0.3, 0.4) is 0 Å². The third-order valence-corrected chi connectivity index (χ3v) is 2.88. The number of esters is 1. The Bertz CT molecular complexity index is 278. The van der Waals surface area contributed by atoms with Crippen LogP contribution >= 0.6 is 0 Å². The third kappa shape index (κ3) is 10.4. The quantitative estimate of drug-likeness (QED) is 0.500. The number of carbonyl (C=O) groups is 2. The molecule has 0 unspecified atom stereocenters. The van der Waals surface area contributed by atoms with Crippen LogP contribution in [-0.4, -0.2) is 31.7 Å². The van der Waals surface area contributed by atoms with Gasteiger partial charge in [0.05, 0.1) is 6.61 Å². The van der Waals surface area contributed by atoms with Gasteiger partial charge in [0.1, 0.15) is 6.54 Å². The van der Waals surface area contributed by atoms with Crippen molar-refractivity contribution in [2.45, 2.75) is 53.4 Å². The standard InChI is InChI=1S/C14H28N2O3/c1-5-7-8-9-14(3,4)11-16-13(18)15-10-12(17)19-6-2/h5-11H2,1-4H3,(H2,15,16,18). The van der Waals surface area contributed by atoms with Crippen molar-refractivity contribution in [3.8, 4) is 0 Å². The second-order valence-corrected chi connectivity index (χ2v) is 5.46. The zero-order valence-electron chi connectivity index (χ0n) is 12.7. The Balaban J connectivity index is 3.78. The lowest BCUT2D eigenvalue weighted by molar-refractivity contribution is -0.141. The predicted octanol–water partition coefficient (Wildman–Crippen LogP) is 2.46. The van der Waals surface area contributed by atoms with Crippen LogP contribution in [0.25, 0.3) is 0 Å². The Hall–Kier alpha value is -1.26. The van der Waals surface area contributed by atoms with E-state index < -0.39 is 5.97 Å². The molecule has 0 saturated carbocycles. The maximum atomic E-state index is 11.5. The smallest absolute Gasteiger partial charge is 0.325 e. The zero-order valence-corrected chi connectivity index (χ0v) is 12.7. The molecule has 0 aromatic rings. The first-order valence-corrected chi connectivity index (χ1v) is 7.08. The fourth-order valence-corrected chi connectivity index (χ4v) is 1.69. The maximum Gasteiger partial charge on any atom is 0.325 e. The van der Waals surface area contributed by atoms with Gasteiger partial charge in [0.25, 0.3) is 0 Å². The second kappa shape index (κ2) is 9.64. The second-order valence-electron chi connectivity index (χ2n) is 5.46. The number of urea groups is 1. The summed E-state index contributed by atoms with van der Waals surface area (Å²) in [6.07, 6.45) is 4.68. The minimum atomic E-state index is -0.417. The lowest BCUT2D eigenvalue weighted by atomic mass is 9.87. The molecule has 0 atom stereocenters. The van der Waals surface area contributed by atoms with E-state index >= 15 is 0 Å². The Kier molecular flexibility index (Phi) is 9.00. The van der Waals surface area contributed by atoms with Crippen molar-refractivity contribution in [2.24, 2.45) is 5.41 Å². The van der Waals surface area contributed by atoms with Crippen molar-refractivity contribution in [2.75, 3.05) is 19.7 Å². The van der Waals surface area contributed by atoms with Gasteiger partial charge in [-0.15, -0.1) is 0 Å². The molecular weight excluding hydrogens is 244 g/mol. The molecule has 0 spiro atoms. The number of ether oxygens (including phenoxy) is 1. The Morgan fingerprint density at radius 3 is 2.37 bits per heavy atom. The molecule has 0 rings (SSSR count). The summed E-state index contributed by atoms with van der Waals surface area (Å²) in [6.45, 7) is 9.02. The largest absolute Gasteiger partial charge is 0.465 e. The molecule has 112 valence electrons. The summed E-state index contributed by atoms with van der Waals surface area (Å²) >= 11 is 0. The highest BCUT2D eigenvalue weighted by Crippen LogP contribution is 2.22. The monoisotopic (exact) mass is 272 g/mol. The van der Waals surface area contributed by atoms with Gasteiger partial charge >= 0.3 is 12.0 Å². The highest BCUT2D eigenvalue weighted by atomic mass is 16.5. The van der Waals surface area contributed by atoms with Gasteiger partial charge in [0.15, 0.2) is 0 Å². The van der Waals surface area contributed by atoms with E-state index in [0.29, 0.717) is 13.2 Å². The van der Waals surface area contributed by atoms with Crippen molar-refractivity contribution in [3.05, 3.63) is 0 Å². The van der Waals surface area contributed by atoms with Crippen LogP contribution in [0.4, 0.5) is 4.79 Å². The normalized spacial score (nSPS) is 10.9. The summed E-state index contributed by atoms with van der Waals surface area (Å²) in [5.74, 6) is -0.417. The molecule has 0 bridgehead atoms. The molecule has 0 radical (unpaired) electrons. The molecule has 5 nitrogen and oxygen atoms in total. The van der Waals surface area contributed by atoms with Crippen molar-refractivity contribution in [1.82, 2.24) is 10.6 Å². The fraction of sp³-hybridized carbons (Fsp3) is 0.857. The Labute approximate surface area is 116 Å². The minimum absolute atomic E-state index is 0.0798. The molecule has 0 heterocycles. The molecule has 0 fully saturated rings. The average molecular weight is 272 g/mol. The Morgan fingerprint density at radius 1 is 1.11 bits per heavy atom. The van der Waals surface area contributed by atoms with Gasteiger partial charge in [-0.05, 0) is 18.8 Å². The fourth-order valence-electron chi connectivity index (χ4n) is 1.69. The first kappa shape index (κ1) is 17.7. The Morgan fingerprint density at radius 2 is 1.79 bits per heavy atom. The van der Waals surface area contributed by atoms with Gasteiger partial charge in [-0.25, -0.2) is 4.79 Å². The van der Waals surface area contributed by atoms with Crippen LogP contribution in [0, 0.1) is 5.41 Å². The van der Waals surface area contributed by atoms with Gasteiger partial charge < -0.3 is 15.4 Å². The molecule has 0 aliphatic heterocycles. The highest BCUT2D eigenvalue weighted by Gasteiger charge is 2.18. The topological polar surface area (TPSA) is 67.4 Å². The molecule has 2 amide bonds. The van der Waals surface area contributed by atoms with Crippen molar-refractivity contribution < 1.29 is 14.3 Å². The SMILES string of the molecule is CCCCCC(C)(C)CNC(=O)NCC(=O)OCC. The van der Waals surface area contributed by atoms with E-state index in [1.165, 1.54) is 19.3 Å². The predicted molar refractivity (Wildman–Crippen MR) is 76.0 cm³/mol. The lowest BCUT2D eigenvalue weighted by Gasteiger charge is -2.24. The summed E-state index contributed by atoms with van der Waals surface area (Å²) in [7, 11) is 0. The molecule has 0 aliphatic rings. The van der Waals surface area contributed by atoms with Crippen LogP contribution in [0.5, 0.6) is 0 Å². The number of unbranched alkanes of at least 4 members (excludes halogenated alkanes) is 2. The van der Waals surface area contributed by atoms with Crippen LogP contribution in [0.2, 0.25) is 0 Å². The average Bonchev–Trinajstić information content (AvgIpc) is 2.34. The van der Waals surface area contributed by atoms with E-state index in [1.54, 1.807) is 6.92 Å². The summed E-state index contributed by atoms with van der Waals surface area (Å²) in [4.78, 5) is 22.6. The van der Waals surface area contributed by atoms with E-state index in [4.69, 9.17) is 4.74 Å². The summed E-state index contributed by atoms with van der Waals surface area (Å²) < 4.78 is 4.72. The number of amides is 2. The maximum absolute atomic E-state index is 11.5. The highest BCUT2D eigenvalue weighted by molar-refractivity contribution is 5.80. The van der Waals surface area contributed by atoms with Crippen LogP contribution in [0.1, 0.15) is 53.4 Å². The van der Waals surface area contributed by atoms with Gasteiger partial charge in [-0.3, -0.25) is 4.79 Å². The van der Waals surface area contributed by atoms with Crippen molar-refractivity contribution in [1.29, 1.82) is 0 Å². The molecule has 0 aliphatic carbocycles. The van der Waals surface area contributed by atoms with E-state index in [2.05, 4.69) is 31.4 Å². The minimum Gasteiger partial charge on any atom is -0.465 e. The molecule has 2 N–H and O–H groups in total. The number of nitrogens with one attached hydrogen (secondary N) is 2. The van der Waals surface area contributed by atoms with Crippen LogP contribution < -0.4 is 10.6 Å². The van der Waals surface area contributed by atoms with Crippen molar-refractivity contribution >= 4 is 12.0 Å². The summed E-state index contributed by atoms with van der Waals surface area (Å²) in [5.41, 5.74) is 0.0798. The molecule has 0 saturated heterocycles. The van der Waals surface area contributed by atoms with Gasteiger partial charge in [0.2, 0.25) is 0 Å². The summed E-state index contributed by atoms with van der Waals surface area (Å²) in [6, 6.07) is -0.323. The molecule has 0 aromatic heterocycles. The lowest BCUT2D eigenvalue weighted by Crippen LogP contribution is -2.42. The number of carbonyl (C=O) groups excluding carboxylic acids is 2. The summed E-state index contributed by atoms with van der Waals surface area (Å²) in [5, 5.41) is 5.27. The number of rotatable bonds is 9. The van der Waals surface area contributed by atoms with Crippen molar-refractivity contribution in [3.63, 3.8) is 0 Å². The molecular formula is C14H28N2O3. The van der Waals surface area contributed by atoms with Gasteiger partial charge in [0, 0.05) is 6.54 Å².